The minimum atomic E-state index is -3.26. The zero-order valence-electron chi connectivity index (χ0n) is 8.26. The summed E-state index contributed by atoms with van der Waals surface area (Å²) in [6, 6.07) is 0. The summed E-state index contributed by atoms with van der Waals surface area (Å²) in [7, 11) is -3.26. The van der Waals surface area contributed by atoms with E-state index in [-0.39, 0.29) is 10.4 Å². The molecule has 1 N–H and O–H groups in total. The molecule has 2 fully saturated rings. The first-order valence-electron chi connectivity index (χ1n) is 5.27. The SMILES string of the molecule is O=S(=O)(c1ncn[nH]1)[C@@H]1C[C@@H]2CC[C@H]1C2. The Kier molecular flexibility index (Phi) is 1.89. The molecule has 82 valence electrons. The molecule has 1 heterocycles. The summed E-state index contributed by atoms with van der Waals surface area (Å²) >= 11 is 0. The van der Waals surface area contributed by atoms with Gasteiger partial charge < -0.3 is 0 Å². The largest absolute Gasteiger partial charge is 0.250 e. The summed E-state index contributed by atoms with van der Waals surface area (Å²) in [5.41, 5.74) is 0. The fourth-order valence-electron chi connectivity index (χ4n) is 3.04. The topological polar surface area (TPSA) is 75.7 Å². The van der Waals surface area contributed by atoms with Gasteiger partial charge in [-0.05, 0) is 31.1 Å². The molecule has 0 unspecified atom stereocenters. The first-order chi connectivity index (χ1) is 7.18. The molecular formula is C9H13N3O2S. The Bertz CT molecular complexity index is 454. The highest BCUT2D eigenvalue weighted by atomic mass is 32.2. The van der Waals surface area contributed by atoms with Crippen LogP contribution in [0.3, 0.4) is 0 Å². The molecule has 3 atom stereocenters. The van der Waals surface area contributed by atoms with Crippen LogP contribution in [0.1, 0.15) is 25.7 Å². The average molecular weight is 227 g/mol. The minimum absolute atomic E-state index is 0.0417. The summed E-state index contributed by atoms with van der Waals surface area (Å²) in [6.07, 6.45) is 5.40. The Morgan fingerprint density at radius 2 is 2.20 bits per heavy atom. The van der Waals surface area contributed by atoms with Crippen LogP contribution in [0, 0.1) is 11.8 Å². The van der Waals surface area contributed by atoms with Gasteiger partial charge in [-0.1, -0.05) is 6.42 Å². The lowest BCUT2D eigenvalue weighted by atomic mass is 10.0. The molecule has 15 heavy (non-hydrogen) atoms. The maximum absolute atomic E-state index is 12.2. The van der Waals surface area contributed by atoms with Crippen molar-refractivity contribution >= 4 is 9.84 Å². The zero-order valence-corrected chi connectivity index (χ0v) is 9.07. The third kappa shape index (κ3) is 1.31. The van der Waals surface area contributed by atoms with Crippen molar-refractivity contribution in [1.82, 2.24) is 15.2 Å². The van der Waals surface area contributed by atoms with Gasteiger partial charge in [0.2, 0.25) is 15.0 Å². The van der Waals surface area contributed by atoms with E-state index in [1.54, 1.807) is 0 Å². The van der Waals surface area contributed by atoms with E-state index in [1.165, 1.54) is 12.7 Å². The second-order valence-electron chi connectivity index (χ2n) is 4.55. The second kappa shape index (κ2) is 3.04. The first kappa shape index (κ1) is 9.33. The van der Waals surface area contributed by atoms with E-state index in [0.29, 0.717) is 11.8 Å². The molecular weight excluding hydrogens is 214 g/mol. The van der Waals surface area contributed by atoms with Crippen molar-refractivity contribution in [2.45, 2.75) is 36.1 Å². The average Bonchev–Trinajstić information content (AvgIpc) is 2.94. The molecule has 0 aliphatic heterocycles. The summed E-state index contributed by atoms with van der Waals surface area (Å²) in [5.74, 6) is 0.975. The van der Waals surface area contributed by atoms with Crippen LogP contribution in [0.15, 0.2) is 11.5 Å². The fraction of sp³-hybridized carbons (Fsp3) is 0.778. The van der Waals surface area contributed by atoms with E-state index in [0.717, 1.165) is 19.3 Å². The number of H-pyrrole nitrogens is 1. The van der Waals surface area contributed by atoms with Gasteiger partial charge in [-0.25, -0.2) is 13.4 Å². The van der Waals surface area contributed by atoms with Gasteiger partial charge in [0.05, 0.1) is 5.25 Å². The highest BCUT2D eigenvalue weighted by Gasteiger charge is 2.47. The highest BCUT2D eigenvalue weighted by molar-refractivity contribution is 7.91. The van der Waals surface area contributed by atoms with Crippen molar-refractivity contribution in [2.75, 3.05) is 0 Å². The second-order valence-corrected chi connectivity index (χ2v) is 6.63. The van der Waals surface area contributed by atoms with Crippen LogP contribution >= 0.6 is 0 Å². The van der Waals surface area contributed by atoms with Gasteiger partial charge in [0.25, 0.3) is 0 Å². The van der Waals surface area contributed by atoms with E-state index in [2.05, 4.69) is 15.2 Å². The Morgan fingerprint density at radius 1 is 1.33 bits per heavy atom. The van der Waals surface area contributed by atoms with Crippen LogP contribution < -0.4 is 0 Å². The Labute approximate surface area is 88.2 Å². The van der Waals surface area contributed by atoms with Crippen molar-refractivity contribution < 1.29 is 8.42 Å². The standard InChI is InChI=1S/C9H13N3O2S/c13-15(14,9-10-5-11-12-9)8-4-6-1-2-7(8)3-6/h5-8H,1-4H2,(H,10,11,12)/t6-,7+,8-/m1/s1. The monoisotopic (exact) mass is 227 g/mol. The molecule has 1 aromatic heterocycles. The summed E-state index contributed by atoms with van der Waals surface area (Å²) < 4.78 is 24.3. The van der Waals surface area contributed by atoms with Crippen molar-refractivity contribution in [1.29, 1.82) is 0 Å². The number of rotatable bonds is 2. The smallest absolute Gasteiger partial charge is 0.243 e. The number of hydrogen-bond donors (Lipinski definition) is 1. The van der Waals surface area contributed by atoms with Gasteiger partial charge in [-0.3, -0.25) is 5.10 Å². The number of hydrogen-bond acceptors (Lipinski definition) is 4. The molecule has 0 radical (unpaired) electrons. The number of fused-ring (bicyclic) bond motifs is 2. The minimum Gasteiger partial charge on any atom is -0.250 e. The highest BCUT2D eigenvalue weighted by Crippen LogP contribution is 2.48. The van der Waals surface area contributed by atoms with Gasteiger partial charge in [0.15, 0.2) is 0 Å². The molecule has 2 aliphatic rings. The van der Waals surface area contributed by atoms with Gasteiger partial charge in [0.1, 0.15) is 6.33 Å². The number of nitrogens with zero attached hydrogens (tertiary/aromatic N) is 2. The van der Waals surface area contributed by atoms with E-state index < -0.39 is 9.84 Å². The lowest BCUT2D eigenvalue weighted by Crippen LogP contribution is -2.28. The Morgan fingerprint density at radius 3 is 2.73 bits per heavy atom. The van der Waals surface area contributed by atoms with Crippen LogP contribution in [0.25, 0.3) is 0 Å². The van der Waals surface area contributed by atoms with Crippen LogP contribution in [0.5, 0.6) is 0 Å². The number of aromatic nitrogens is 3. The van der Waals surface area contributed by atoms with Gasteiger partial charge in [-0.2, -0.15) is 5.10 Å². The Hall–Kier alpha value is -0.910. The third-order valence-corrected chi connectivity index (χ3v) is 5.84. The zero-order chi connectivity index (χ0) is 10.5. The van der Waals surface area contributed by atoms with Crippen molar-refractivity contribution in [2.24, 2.45) is 11.8 Å². The molecule has 0 saturated heterocycles. The van der Waals surface area contributed by atoms with Crippen LogP contribution in [0.4, 0.5) is 0 Å². The van der Waals surface area contributed by atoms with Gasteiger partial charge in [-0.15, -0.1) is 0 Å². The number of nitrogens with one attached hydrogen (secondary N) is 1. The van der Waals surface area contributed by atoms with Crippen molar-refractivity contribution in [3.63, 3.8) is 0 Å². The van der Waals surface area contributed by atoms with Crippen molar-refractivity contribution in [3.8, 4) is 0 Å². The molecule has 0 spiro atoms. The van der Waals surface area contributed by atoms with Crippen molar-refractivity contribution in [3.05, 3.63) is 6.33 Å². The molecule has 0 amide bonds. The van der Waals surface area contributed by atoms with Gasteiger partial charge >= 0.3 is 0 Å². The van der Waals surface area contributed by atoms with E-state index >= 15 is 0 Å². The number of sulfone groups is 1. The van der Waals surface area contributed by atoms with Gasteiger partial charge in [0, 0.05) is 0 Å². The third-order valence-electron chi connectivity index (χ3n) is 3.73. The Balaban J connectivity index is 1.95. The maximum atomic E-state index is 12.2. The first-order valence-corrected chi connectivity index (χ1v) is 6.82. The van der Waals surface area contributed by atoms with E-state index in [4.69, 9.17) is 0 Å². The maximum Gasteiger partial charge on any atom is 0.243 e. The molecule has 5 nitrogen and oxygen atoms in total. The fourth-order valence-corrected chi connectivity index (χ4v) is 4.98. The quantitative estimate of drug-likeness (QED) is 0.809. The molecule has 0 aromatic carbocycles. The molecule has 2 saturated carbocycles. The lowest BCUT2D eigenvalue weighted by molar-refractivity contribution is 0.462. The normalized spacial score (nSPS) is 34.8. The summed E-state index contributed by atoms with van der Waals surface area (Å²) in [4.78, 5) is 3.76. The number of aromatic amines is 1. The molecule has 2 bridgehead atoms. The predicted octanol–water partition coefficient (Wildman–Crippen LogP) is 0.767. The lowest BCUT2D eigenvalue weighted by Gasteiger charge is -2.19. The summed E-state index contributed by atoms with van der Waals surface area (Å²) in [6.45, 7) is 0. The van der Waals surface area contributed by atoms with Crippen LogP contribution in [-0.2, 0) is 9.84 Å². The predicted molar refractivity (Wildman–Crippen MR) is 52.8 cm³/mol. The molecule has 3 rings (SSSR count). The molecule has 1 aromatic rings. The van der Waals surface area contributed by atoms with E-state index in [1.807, 2.05) is 0 Å². The molecule has 6 heteroatoms. The van der Waals surface area contributed by atoms with Crippen LogP contribution in [0.2, 0.25) is 0 Å². The van der Waals surface area contributed by atoms with Crippen LogP contribution in [-0.4, -0.2) is 28.8 Å². The summed E-state index contributed by atoms with van der Waals surface area (Å²) in [5, 5.41) is 5.89. The van der Waals surface area contributed by atoms with E-state index in [9.17, 15) is 8.42 Å². The molecule has 2 aliphatic carbocycles.